The van der Waals surface area contributed by atoms with E-state index >= 15 is 0 Å². The molecule has 1 aliphatic carbocycles. The molecule has 1 saturated heterocycles. The SMILES string of the molecule is CCC(CNC1CC1)N(C)CC1CCCN1C. The van der Waals surface area contributed by atoms with Gasteiger partial charge in [0.2, 0.25) is 0 Å². The van der Waals surface area contributed by atoms with Crippen molar-refractivity contribution in [2.45, 2.75) is 57.2 Å². The van der Waals surface area contributed by atoms with E-state index in [1.54, 1.807) is 0 Å². The van der Waals surface area contributed by atoms with Gasteiger partial charge < -0.3 is 15.1 Å². The van der Waals surface area contributed by atoms with E-state index in [0.717, 1.165) is 12.1 Å². The highest BCUT2D eigenvalue weighted by molar-refractivity contribution is 4.85. The van der Waals surface area contributed by atoms with Gasteiger partial charge in [0.1, 0.15) is 0 Å². The summed E-state index contributed by atoms with van der Waals surface area (Å²) in [6.07, 6.45) is 6.81. The van der Waals surface area contributed by atoms with E-state index < -0.39 is 0 Å². The van der Waals surface area contributed by atoms with Crippen LogP contribution in [0.3, 0.4) is 0 Å². The minimum absolute atomic E-state index is 0.713. The molecule has 2 rings (SSSR count). The van der Waals surface area contributed by atoms with Crippen LogP contribution in [0, 0.1) is 0 Å². The standard InChI is InChI=1S/C14H29N3/c1-4-13(10-15-12-7-8-12)17(3)11-14-6-5-9-16(14)2/h12-15H,4-11H2,1-3H3. The molecule has 1 N–H and O–H groups in total. The molecule has 2 unspecified atom stereocenters. The average Bonchev–Trinajstić information content (AvgIpc) is 3.05. The number of rotatable bonds is 7. The first-order valence-corrected chi connectivity index (χ1v) is 7.34. The molecule has 2 fully saturated rings. The Morgan fingerprint density at radius 3 is 2.65 bits per heavy atom. The topological polar surface area (TPSA) is 18.5 Å². The summed E-state index contributed by atoms with van der Waals surface area (Å²) in [4.78, 5) is 5.10. The van der Waals surface area contributed by atoms with E-state index in [2.05, 4.69) is 36.1 Å². The van der Waals surface area contributed by atoms with E-state index in [1.165, 1.54) is 51.7 Å². The molecule has 3 nitrogen and oxygen atoms in total. The molecular weight excluding hydrogens is 210 g/mol. The Bertz CT molecular complexity index is 228. The third kappa shape index (κ3) is 3.94. The maximum Gasteiger partial charge on any atom is 0.0220 e. The second-order valence-corrected chi connectivity index (χ2v) is 5.96. The zero-order valence-corrected chi connectivity index (χ0v) is 11.8. The lowest BCUT2D eigenvalue weighted by Gasteiger charge is -2.32. The molecule has 1 saturated carbocycles. The molecule has 0 aromatic heterocycles. The van der Waals surface area contributed by atoms with Gasteiger partial charge >= 0.3 is 0 Å². The van der Waals surface area contributed by atoms with Crippen molar-refractivity contribution in [1.82, 2.24) is 15.1 Å². The Morgan fingerprint density at radius 2 is 2.12 bits per heavy atom. The second-order valence-electron chi connectivity index (χ2n) is 5.96. The Balaban J connectivity index is 1.72. The highest BCUT2D eigenvalue weighted by Crippen LogP contribution is 2.20. The lowest BCUT2D eigenvalue weighted by molar-refractivity contribution is 0.170. The lowest BCUT2D eigenvalue weighted by atomic mass is 10.1. The Morgan fingerprint density at radius 1 is 1.35 bits per heavy atom. The molecule has 100 valence electrons. The minimum Gasteiger partial charge on any atom is -0.312 e. The number of hydrogen-bond donors (Lipinski definition) is 1. The Hall–Kier alpha value is -0.120. The summed E-state index contributed by atoms with van der Waals surface area (Å²) in [6, 6.07) is 2.34. The van der Waals surface area contributed by atoms with Crippen molar-refractivity contribution in [3.05, 3.63) is 0 Å². The molecule has 2 aliphatic rings. The fourth-order valence-electron chi connectivity index (χ4n) is 2.89. The first kappa shape index (κ1) is 13.3. The number of nitrogens with one attached hydrogen (secondary N) is 1. The predicted molar refractivity (Wildman–Crippen MR) is 73.4 cm³/mol. The van der Waals surface area contributed by atoms with Crippen LogP contribution in [-0.4, -0.2) is 61.7 Å². The Labute approximate surface area is 107 Å². The van der Waals surface area contributed by atoms with Gasteiger partial charge in [0.15, 0.2) is 0 Å². The first-order chi connectivity index (χ1) is 8.20. The van der Waals surface area contributed by atoms with Gasteiger partial charge in [-0.2, -0.15) is 0 Å². The van der Waals surface area contributed by atoms with Crippen LogP contribution in [0.15, 0.2) is 0 Å². The van der Waals surface area contributed by atoms with Crippen molar-refractivity contribution < 1.29 is 0 Å². The zero-order valence-electron chi connectivity index (χ0n) is 11.8. The molecule has 1 heterocycles. The average molecular weight is 239 g/mol. The van der Waals surface area contributed by atoms with Gasteiger partial charge in [0, 0.05) is 31.2 Å². The third-order valence-corrected chi connectivity index (χ3v) is 4.48. The van der Waals surface area contributed by atoms with E-state index in [9.17, 15) is 0 Å². The van der Waals surface area contributed by atoms with E-state index in [-0.39, 0.29) is 0 Å². The summed E-state index contributed by atoms with van der Waals surface area (Å²) in [6.45, 7) is 6.01. The quantitative estimate of drug-likeness (QED) is 0.727. The summed E-state index contributed by atoms with van der Waals surface area (Å²) < 4.78 is 0. The molecule has 0 aromatic rings. The molecule has 2 atom stereocenters. The van der Waals surface area contributed by atoms with Crippen molar-refractivity contribution in [1.29, 1.82) is 0 Å². The normalized spacial score (nSPS) is 27.9. The lowest BCUT2D eigenvalue weighted by Crippen LogP contribution is -2.45. The number of likely N-dealkylation sites (tertiary alicyclic amines) is 1. The van der Waals surface area contributed by atoms with E-state index in [4.69, 9.17) is 0 Å². The summed E-state index contributed by atoms with van der Waals surface area (Å²) >= 11 is 0. The van der Waals surface area contributed by atoms with Crippen LogP contribution >= 0.6 is 0 Å². The smallest absolute Gasteiger partial charge is 0.0220 e. The van der Waals surface area contributed by atoms with Crippen LogP contribution in [-0.2, 0) is 0 Å². The summed E-state index contributed by atoms with van der Waals surface area (Å²) in [5.74, 6) is 0. The fraction of sp³-hybridized carbons (Fsp3) is 1.00. The molecule has 17 heavy (non-hydrogen) atoms. The highest BCUT2D eigenvalue weighted by atomic mass is 15.2. The monoisotopic (exact) mass is 239 g/mol. The fourth-order valence-corrected chi connectivity index (χ4v) is 2.89. The molecular formula is C14H29N3. The number of nitrogens with zero attached hydrogens (tertiary/aromatic N) is 2. The van der Waals surface area contributed by atoms with Crippen LogP contribution in [0.5, 0.6) is 0 Å². The summed E-state index contributed by atoms with van der Waals surface area (Å²) in [5.41, 5.74) is 0. The van der Waals surface area contributed by atoms with Crippen LogP contribution in [0.1, 0.15) is 39.0 Å². The van der Waals surface area contributed by atoms with Crippen LogP contribution in [0.4, 0.5) is 0 Å². The molecule has 0 spiro atoms. The van der Waals surface area contributed by atoms with Gasteiger partial charge in [0.25, 0.3) is 0 Å². The highest BCUT2D eigenvalue weighted by Gasteiger charge is 2.26. The summed E-state index contributed by atoms with van der Waals surface area (Å²) in [7, 11) is 4.57. The van der Waals surface area contributed by atoms with Crippen molar-refractivity contribution in [2.75, 3.05) is 33.7 Å². The van der Waals surface area contributed by atoms with Crippen molar-refractivity contribution >= 4 is 0 Å². The second kappa shape index (κ2) is 6.17. The maximum atomic E-state index is 3.67. The largest absolute Gasteiger partial charge is 0.312 e. The van der Waals surface area contributed by atoms with Crippen molar-refractivity contribution in [3.8, 4) is 0 Å². The van der Waals surface area contributed by atoms with Gasteiger partial charge in [-0.3, -0.25) is 0 Å². The molecule has 0 bridgehead atoms. The molecule has 3 heteroatoms. The van der Waals surface area contributed by atoms with Gasteiger partial charge in [-0.25, -0.2) is 0 Å². The Kier molecular flexibility index (Phi) is 4.83. The maximum absolute atomic E-state index is 3.67. The molecule has 0 aromatic carbocycles. The molecule has 0 radical (unpaired) electrons. The van der Waals surface area contributed by atoms with Gasteiger partial charge in [-0.1, -0.05) is 6.92 Å². The van der Waals surface area contributed by atoms with Crippen molar-refractivity contribution in [2.24, 2.45) is 0 Å². The predicted octanol–water partition coefficient (Wildman–Crippen LogP) is 1.54. The zero-order chi connectivity index (χ0) is 12.3. The van der Waals surface area contributed by atoms with E-state index in [1.807, 2.05) is 0 Å². The van der Waals surface area contributed by atoms with Gasteiger partial charge in [-0.05, 0) is 52.7 Å². The molecule has 0 amide bonds. The van der Waals surface area contributed by atoms with E-state index in [0.29, 0.717) is 6.04 Å². The van der Waals surface area contributed by atoms with Gasteiger partial charge in [0.05, 0.1) is 0 Å². The van der Waals surface area contributed by atoms with Crippen LogP contribution in [0.25, 0.3) is 0 Å². The van der Waals surface area contributed by atoms with Gasteiger partial charge in [-0.15, -0.1) is 0 Å². The van der Waals surface area contributed by atoms with Crippen molar-refractivity contribution in [3.63, 3.8) is 0 Å². The summed E-state index contributed by atoms with van der Waals surface area (Å²) in [5, 5.41) is 3.67. The molecule has 1 aliphatic heterocycles. The number of hydrogen-bond acceptors (Lipinski definition) is 3. The number of likely N-dealkylation sites (N-methyl/N-ethyl adjacent to an activating group) is 2. The van der Waals surface area contributed by atoms with Crippen LogP contribution < -0.4 is 5.32 Å². The van der Waals surface area contributed by atoms with Crippen LogP contribution in [0.2, 0.25) is 0 Å². The third-order valence-electron chi connectivity index (χ3n) is 4.48. The minimum atomic E-state index is 0.713. The first-order valence-electron chi connectivity index (χ1n) is 7.34.